The average Bonchev–Trinajstić information content (AvgIpc) is 2.82. The van der Waals surface area contributed by atoms with Crippen molar-refractivity contribution in [3.8, 4) is 0 Å². The van der Waals surface area contributed by atoms with E-state index in [0.717, 1.165) is 5.56 Å². The van der Waals surface area contributed by atoms with Gasteiger partial charge in [-0.05, 0) is 45.1 Å². The minimum Gasteiger partial charge on any atom is -0.348 e. The number of carbonyl (C=O) groups is 2. The summed E-state index contributed by atoms with van der Waals surface area (Å²) in [4.78, 5) is 45.1. The number of aromatic nitrogens is 2. The molecule has 1 saturated heterocycles. The van der Waals surface area contributed by atoms with Gasteiger partial charge in [0.05, 0.1) is 9.50 Å². The molecule has 1 N–H and O–H groups in total. The lowest BCUT2D eigenvalue weighted by molar-refractivity contribution is -0.142. The lowest BCUT2D eigenvalue weighted by atomic mass is 9.84. The Kier molecular flexibility index (Phi) is 8.62. The summed E-state index contributed by atoms with van der Waals surface area (Å²) in [6.45, 7) is 9.35. The van der Waals surface area contributed by atoms with Gasteiger partial charge in [0.25, 0.3) is 11.5 Å². The van der Waals surface area contributed by atoms with E-state index in [9.17, 15) is 14.4 Å². The van der Waals surface area contributed by atoms with Crippen LogP contribution in [-0.2, 0) is 17.9 Å². The van der Waals surface area contributed by atoms with Gasteiger partial charge in [0.15, 0.2) is 0 Å². The van der Waals surface area contributed by atoms with E-state index in [2.05, 4.69) is 40.1 Å². The summed E-state index contributed by atoms with van der Waals surface area (Å²) in [6, 6.07) is 8.43. The first-order chi connectivity index (χ1) is 16.6. The van der Waals surface area contributed by atoms with E-state index in [1.165, 1.54) is 16.8 Å². The molecule has 2 aromatic heterocycles. The smallest absolute Gasteiger partial charge is 0.265 e. The van der Waals surface area contributed by atoms with Crippen LogP contribution < -0.4 is 10.9 Å². The van der Waals surface area contributed by atoms with E-state index in [0.29, 0.717) is 33.0 Å². The molecule has 0 spiro atoms. The maximum absolute atomic E-state index is 13.3. The van der Waals surface area contributed by atoms with Gasteiger partial charge in [-0.3, -0.25) is 19.0 Å². The standard InChI is InChI=1S/C23H21BrCl2N4O3.C2H6/c1-23(2)11-29(12-23)18(31)10-30-20-15(19(26)17(24)9-27-20)7-16(22(30)33)21(32)28-8-13-3-5-14(25)6-4-13;1-2/h3-7,9H,8,10-12H2,1-2H3,(H,28,32);1-2H3. The summed E-state index contributed by atoms with van der Waals surface area (Å²) in [5.74, 6) is -0.781. The number of nitrogens with zero attached hydrogens (tertiary/aromatic N) is 3. The Labute approximate surface area is 222 Å². The highest BCUT2D eigenvalue weighted by molar-refractivity contribution is 9.10. The first kappa shape index (κ1) is 27.2. The second-order valence-corrected chi connectivity index (χ2v) is 10.5. The maximum Gasteiger partial charge on any atom is 0.265 e. The molecule has 1 aromatic carbocycles. The van der Waals surface area contributed by atoms with Crippen molar-refractivity contribution in [1.29, 1.82) is 0 Å². The van der Waals surface area contributed by atoms with E-state index in [4.69, 9.17) is 23.2 Å². The summed E-state index contributed by atoms with van der Waals surface area (Å²) < 4.78 is 1.74. The highest BCUT2D eigenvalue weighted by Crippen LogP contribution is 2.31. The molecule has 2 amide bonds. The van der Waals surface area contributed by atoms with Crippen LogP contribution in [0.1, 0.15) is 43.6 Å². The number of pyridine rings is 2. The van der Waals surface area contributed by atoms with Crippen LogP contribution >= 0.6 is 39.1 Å². The fourth-order valence-electron chi connectivity index (χ4n) is 3.85. The van der Waals surface area contributed by atoms with Gasteiger partial charge in [0, 0.05) is 36.2 Å². The molecule has 1 aliphatic rings. The lowest BCUT2D eigenvalue weighted by Gasteiger charge is -2.45. The second-order valence-electron chi connectivity index (χ2n) is 8.83. The van der Waals surface area contributed by atoms with Crippen LogP contribution in [0.4, 0.5) is 0 Å². The third kappa shape index (κ3) is 6.05. The topological polar surface area (TPSA) is 84.3 Å². The number of hydrogen-bond acceptors (Lipinski definition) is 4. The van der Waals surface area contributed by atoms with Crippen LogP contribution in [0.3, 0.4) is 0 Å². The number of rotatable bonds is 5. The Morgan fingerprint density at radius 3 is 2.37 bits per heavy atom. The molecule has 0 radical (unpaired) electrons. The average molecular weight is 582 g/mol. The first-order valence-electron chi connectivity index (χ1n) is 11.2. The molecule has 7 nitrogen and oxygen atoms in total. The highest BCUT2D eigenvalue weighted by atomic mass is 79.9. The number of halogens is 3. The largest absolute Gasteiger partial charge is 0.348 e. The van der Waals surface area contributed by atoms with E-state index >= 15 is 0 Å². The molecule has 0 unspecified atom stereocenters. The summed E-state index contributed by atoms with van der Waals surface area (Å²) in [5, 5.41) is 4.04. The molecular formula is C25H27BrCl2N4O3. The Bertz CT molecular complexity index is 1320. The maximum atomic E-state index is 13.3. The Morgan fingerprint density at radius 1 is 1.14 bits per heavy atom. The van der Waals surface area contributed by atoms with Gasteiger partial charge in [0.2, 0.25) is 5.91 Å². The quantitative estimate of drug-likeness (QED) is 0.444. The Morgan fingerprint density at radius 2 is 1.77 bits per heavy atom. The minimum atomic E-state index is -0.602. The molecule has 0 saturated carbocycles. The first-order valence-corrected chi connectivity index (χ1v) is 12.8. The lowest BCUT2D eigenvalue weighted by Crippen LogP contribution is -2.56. The number of amides is 2. The normalized spacial score (nSPS) is 14.1. The molecule has 1 aliphatic heterocycles. The summed E-state index contributed by atoms with van der Waals surface area (Å²) in [6.07, 6.45) is 1.47. The molecule has 0 atom stereocenters. The highest BCUT2D eigenvalue weighted by Gasteiger charge is 2.37. The van der Waals surface area contributed by atoms with E-state index in [1.54, 1.807) is 29.2 Å². The molecule has 186 valence electrons. The predicted octanol–water partition coefficient (Wildman–Crippen LogP) is 5.29. The van der Waals surface area contributed by atoms with E-state index < -0.39 is 11.5 Å². The van der Waals surface area contributed by atoms with Crippen molar-refractivity contribution < 1.29 is 9.59 Å². The van der Waals surface area contributed by atoms with Crippen LogP contribution in [0, 0.1) is 5.41 Å². The van der Waals surface area contributed by atoms with Crippen molar-refractivity contribution in [1.82, 2.24) is 19.8 Å². The van der Waals surface area contributed by atoms with Crippen LogP contribution in [0.2, 0.25) is 10.0 Å². The number of fused-ring (bicyclic) bond motifs is 1. The molecule has 1 fully saturated rings. The fourth-order valence-corrected chi connectivity index (χ4v) is 4.48. The van der Waals surface area contributed by atoms with Crippen molar-refractivity contribution in [3.05, 3.63) is 72.5 Å². The molecule has 3 aromatic rings. The van der Waals surface area contributed by atoms with Crippen LogP contribution in [0.25, 0.3) is 11.0 Å². The third-order valence-electron chi connectivity index (χ3n) is 5.50. The van der Waals surface area contributed by atoms with Crippen molar-refractivity contribution in [2.75, 3.05) is 13.1 Å². The van der Waals surface area contributed by atoms with Crippen molar-refractivity contribution in [2.45, 2.75) is 40.8 Å². The van der Waals surface area contributed by atoms with E-state index in [1.807, 2.05) is 13.8 Å². The summed E-state index contributed by atoms with van der Waals surface area (Å²) in [5.41, 5.74) is 0.408. The van der Waals surface area contributed by atoms with Gasteiger partial charge in [-0.2, -0.15) is 0 Å². The van der Waals surface area contributed by atoms with Gasteiger partial charge in [-0.1, -0.05) is 63.0 Å². The Balaban J connectivity index is 0.00000167. The van der Waals surface area contributed by atoms with Crippen LogP contribution in [0.15, 0.2) is 45.8 Å². The summed E-state index contributed by atoms with van der Waals surface area (Å²) in [7, 11) is 0. The van der Waals surface area contributed by atoms with Crippen molar-refractivity contribution in [3.63, 3.8) is 0 Å². The number of nitrogens with one attached hydrogen (secondary N) is 1. The SMILES string of the molecule is CC.CC1(C)CN(C(=O)Cn2c(=O)c(C(=O)NCc3ccc(Cl)cc3)cc3c(Cl)c(Br)cnc32)C1. The number of hydrogen-bond donors (Lipinski definition) is 1. The second kappa shape index (κ2) is 11.1. The summed E-state index contributed by atoms with van der Waals surface area (Å²) >= 11 is 15.7. The van der Waals surface area contributed by atoms with Crippen LogP contribution in [0.5, 0.6) is 0 Å². The van der Waals surface area contributed by atoms with Gasteiger partial charge >= 0.3 is 0 Å². The number of benzene rings is 1. The Hall–Kier alpha value is -2.42. The zero-order valence-corrected chi connectivity index (χ0v) is 23.1. The molecule has 0 bridgehead atoms. The zero-order chi connectivity index (χ0) is 25.9. The van der Waals surface area contributed by atoms with Gasteiger partial charge < -0.3 is 10.2 Å². The molecule has 3 heterocycles. The molecule has 10 heteroatoms. The van der Waals surface area contributed by atoms with Gasteiger partial charge in [0.1, 0.15) is 17.8 Å². The monoisotopic (exact) mass is 580 g/mol. The molecule has 35 heavy (non-hydrogen) atoms. The van der Waals surface area contributed by atoms with E-state index in [-0.39, 0.29) is 35.6 Å². The number of carbonyl (C=O) groups excluding carboxylic acids is 2. The minimum absolute atomic E-state index is 0.0541. The fraction of sp³-hybridized carbons (Fsp3) is 0.360. The molecule has 4 rings (SSSR count). The predicted molar refractivity (Wildman–Crippen MR) is 143 cm³/mol. The zero-order valence-electron chi connectivity index (χ0n) is 20.0. The third-order valence-corrected chi connectivity index (χ3v) is 6.99. The van der Waals surface area contributed by atoms with Crippen molar-refractivity contribution >= 4 is 62.0 Å². The van der Waals surface area contributed by atoms with Gasteiger partial charge in [-0.25, -0.2) is 4.98 Å². The number of likely N-dealkylation sites (tertiary alicyclic amines) is 1. The van der Waals surface area contributed by atoms with Gasteiger partial charge in [-0.15, -0.1) is 0 Å². The molecular weight excluding hydrogens is 555 g/mol. The molecule has 0 aliphatic carbocycles. The van der Waals surface area contributed by atoms with Crippen LogP contribution in [-0.4, -0.2) is 39.4 Å². The van der Waals surface area contributed by atoms with Crippen molar-refractivity contribution in [2.24, 2.45) is 5.41 Å².